The van der Waals surface area contributed by atoms with Crippen molar-refractivity contribution in [3.63, 3.8) is 0 Å². The number of benzene rings is 1. The molecule has 2 aromatic rings. The molecule has 108 valence electrons. The maximum atomic E-state index is 9.58. The Morgan fingerprint density at radius 2 is 2.20 bits per heavy atom. The van der Waals surface area contributed by atoms with Crippen molar-refractivity contribution < 1.29 is 5.11 Å². The van der Waals surface area contributed by atoms with Crippen LogP contribution in [0.1, 0.15) is 31.5 Å². The van der Waals surface area contributed by atoms with E-state index in [4.69, 9.17) is 11.6 Å². The van der Waals surface area contributed by atoms with E-state index in [-0.39, 0.29) is 12.6 Å². The first-order valence-electron chi connectivity index (χ1n) is 6.37. The Bertz CT molecular complexity index is 586. The second kappa shape index (κ2) is 6.61. The van der Waals surface area contributed by atoms with Crippen LogP contribution in [0.4, 0.5) is 5.69 Å². The smallest absolute Gasteiger partial charge is 0.0775 e. The number of aliphatic hydroxyl groups is 1. The summed E-state index contributed by atoms with van der Waals surface area (Å²) in [5.41, 5.74) is 1.84. The molecule has 0 radical (unpaired) electrons. The second-order valence-corrected chi connectivity index (χ2v) is 6.12. The van der Waals surface area contributed by atoms with E-state index < -0.39 is 0 Å². The number of anilines is 1. The van der Waals surface area contributed by atoms with Gasteiger partial charge in [-0.1, -0.05) is 11.6 Å². The molecule has 0 aliphatic heterocycles. The molecule has 0 spiro atoms. The van der Waals surface area contributed by atoms with Gasteiger partial charge in [0, 0.05) is 28.0 Å². The number of nitrogens with zero attached hydrogens (tertiary/aromatic N) is 2. The first-order valence-corrected chi connectivity index (χ1v) is 7.55. The van der Waals surface area contributed by atoms with Gasteiger partial charge in [0.1, 0.15) is 0 Å². The van der Waals surface area contributed by atoms with Crippen LogP contribution in [-0.4, -0.2) is 21.5 Å². The third-order valence-electron chi connectivity index (χ3n) is 3.00. The predicted molar refractivity (Wildman–Crippen MR) is 85.2 cm³/mol. The maximum Gasteiger partial charge on any atom is 0.0775 e. The molecule has 2 N–H and O–H groups in total. The lowest BCUT2D eigenvalue weighted by atomic mass is 10.1. The first kappa shape index (κ1) is 15.4. The van der Waals surface area contributed by atoms with Crippen molar-refractivity contribution in [2.24, 2.45) is 0 Å². The zero-order valence-electron chi connectivity index (χ0n) is 11.3. The fraction of sp³-hybridized carbons (Fsp3) is 0.357. The number of rotatable bonds is 5. The summed E-state index contributed by atoms with van der Waals surface area (Å²) >= 11 is 9.36. The van der Waals surface area contributed by atoms with Crippen LogP contribution in [0, 0.1) is 0 Å². The lowest BCUT2D eigenvalue weighted by Gasteiger charge is -2.16. The summed E-state index contributed by atoms with van der Waals surface area (Å²) in [5.74, 6) is 0. The Morgan fingerprint density at radius 3 is 2.75 bits per heavy atom. The van der Waals surface area contributed by atoms with Gasteiger partial charge in [-0.2, -0.15) is 5.10 Å². The first-order chi connectivity index (χ1) is 9.51. The molecular formula is C14H17BrClN3O. The van der Waals surface area contributed by atoms with Crippen molar-refractivity contribution >= 4 is 33.2 Å². The molecule has 0 fully saturated rings. The largest absolute Gasteiger partial charge is 0.394 e. The van der Waals surface area contributed by atoms with Gasteiger partial charge in [0.2, 0.25) is 0 Å². The Morgan fingerprint density at radius 1 is 1.45 bits per heavy atom. The van der Waals surface area contributed by atoms with Crippen molar-refractivity contribution in [1.29, 1.82) is 0 Å². The molecule has 20 heavy (non-hydrogen) atoms. The lowest BCUT2D eigenvalue weighted by molar-refractivity contribution is 0.276. The van der Waals surface area contributed by atoms with Crippen molar-refractivity contribution in [2.75, 3.05) is 11.9 Å². The Labute approximate surface area is 131 Å². The van der Waals surface area contributed by atoms with E-state index in [1.54, 1.807) is 12.3 Å². The summed E-state index contributed by atoms with van der Waals surface area (Å²) in [4.78, 5) is 0. The third kappa shape index (κ3) is 3.53. The summed E-state index contributed by atoms with van der Waals surface area (Å²) in [7, 11) is 0. The van der Waals surface area contributed by atoms with Gasteiger partial charge in [0.05, 0.1) is 23.9 Å². The lowest BCUT2D eigenvalue weighted by Crippen LogP contribution is -2.14. The second-order valence-electron chi connectivity index (χ2n) is 4.86. The van der Waals surface area contributed by atoms with Crippen LogP contribution in [0.25, 0.3) is 0 Å². The molecule has 0 aliphatic rings. The standard InChI is InChI=1S/C14H17BrClN3O/c1-9(2)19-7-10(6-17-19)14(8-20)18-11-3-4-13(16)12(15)5-11/h3-7,9,14,18,20H,8H2,1-2H3. The van der Waals surface area contributed by atoms with Gasteiger partial charge in [-0.05, 0) is 48.0 Å². The van der Waals surface area contributed by atoms with E-state index >= 15 is 0 Å². The molecule has 0 bridgehead atoms. The number of hydrogen-bond donors (Lipinski definition) is 2. The SMILES string of the molecule is CC(C)n1cc(C(CO)Nc2ccc(Cl)c(Br)c2)cn1. The van der Waals surface area contributed by atoms with Gasteiger partial charge < -0.3 is 10.4 Å². The topological polar surface area (TPSA) is 50.1 Å². The van der Waals surface area contributed by atoms with Gasteiger partial charge in [-0.15, -0.1) is 0 Å². The molecule has 1 unspecified atom stereocenters. The zero-order valence-corrected chi connectivity index (χ0v) is 13.7. The monoisotopic (exact) mass is 357 g/mol. The van der Waals surface area contributed by atoms with Gasteiger partial charge in [0.15, 0.2) is 0 Å². The fourth-order valence-electron chi connectivity index (χ4n) is 1.84. The number of hydrogen-bond acceptors (Lipinski definition) is 3. The van der Waals surface area contributed by atoms with E-state index in [0.29, 0.717) is 11.1 Å². The highest BCUT2D eigenvalue weighted by atomic mass is 79.9. The molecule has 1 aromatic heterocycles. The predicted octanol–water partition coefficient (Wildman–Crippen LogP) is 4.03. The minimum atomic E-state index is -0.199. The summed E-state index contributed by atoms with van der Waals surface area (Å²) in [5, 5.41) is 17.8. The molecule has 2 rings (SSSR count). The highest BCUT2D eigenvalue weighted by molar-refractivity contribution is 9.10. The molecule has 1 heterocycles. The van der Waals surface area contributed by atoms with Gasteiger partial charge >= 0.3 is 0 Å². The highest BCUT2D eigenvalue weighted by Gasteiger charge is 2.14. The minimum Gasteiger partial charge on any atom is -0.394 e. The van der Waals surface area contributed by atoms with Gasteiger partial charge in [-0.3, -0.25) is 4.68 Å². The molecule has 0 saturated carbocycles. The average molecular weight is 359 g/mol. The van der Waals surface area contributed by atoms with E-state index in [1.807, 2.05) is 23.0 Å². The van der Waals surface area contributed by atoms with Crippen LogP contribution in [0.3, 0.4) is 0 Å². The molecule has 6 heteroatoms. The Hall–Kier alpha value is -1.04. The van der Waals surface area contributed by atoms with E-state index in [2.05, 4.69) is 40.2 Å². The highest BCUT2D eigenvalue weighted by Crippen LogP contribution is 2.27. The van der Waals surface area contributed by atoms with Crippen LogP contribution >= 0.6 is 27.5 Å². The zero-order chi connectivity index (χ0) is 14.7. The number of aromatic nitrogens is 2. The Kier molecular flexibility index (Phi) is 5.07. The maximum absolute atomic E-state index is 9.58. The van der Waals surface area contributed by atoms with Crippen LogP contribution < -0.4 is 5.32 Å². The van der Waals surface area contributed by atoms with Crippen molar-refractivity contribution in [3.05, 3.63) is 45.7 Å². The third-order valence-corrected chi connectivity index (χ3v) is 4.21. The molecule has 4 nitrogen and oxygen atoms in total. The summed E-state index contributed by atoms with van der Waals surface area (Å²) in [6, 6.07) is 5.67. The van der Waals surface area contributed by atoms with E-state index in [0.717, 1.165) is 15.7 Å². The van der Waals surface area contributed by atoms with E-state index in [9.17, 15) is 5.11 Å². The van der Waals surface area contributed by atoms with E-state index in [1.165, 1.54) is 0 Å². The molecule has 1 aromatic carbocycles. The quantitative estimate of drug-likeness (QED) is 0.848. The summed E-state index contributed by atoms with van der Waals surface area (Å²) < 4.78 is 2.69. The number of halogens is 2. The Balaban J connectivity index is 2.17. The van der Waals surface area contributed by atoms with Crippen LogP contribution in [-0.2, 0) is 0 Å². The van der Waals surface area contributed by atoms with Crippen molar-refractivity contribution in [3.8, 4) is 0 Å². The van der Waals surface area contributed by atoms with Crippen molar-refractivity contribution in [1.82, 2.24) is 9.78 Å². The molecule has 0 aliphatic carbocycles. The molecule has 0 saturated heterocycles. The summed E-state index contributed by atoms with van der Waals surface area (Å²) in [6.45, 7) is 4.12. The van der Waals surface area contributed by atoms with Gasteiger partial charge in [0.25, 0.3) is 0 Å². The fourth-order valence-corrected chi connectivity index (χ4v) is 2.33. The summed E-state index contributed by atoms with van der Waals surface area (Å²) in [6.07, 6.45) is 3.72. The van der Waals surface area contributed by atoms with Gasteiger partial charge in [-0.25, -0.2) is 0 Å². The van der Waals surface area contributed by atoms with Crippen molar-refractivity contribution in [2.45, 2.75) is 25.9 Å². The molecule has 1 atom stereocenters. The number of aliphatic hydroxyl groups excluding tert-OH is 1. The average Bonchev–Trinajstić information content (AvgIpc) is 2.89. The molecular weight excluding hydrogens is 342 g/mol. The molecule has 0 amide bonds. The normalized spacial score (nSPS) is 12.7. The van der Waals surface area contributed by atoms with Crippen LogP contribution in [0.5, 0.6) is 0 Å². The van der Waals surface area contributed by atoms with Crippen LogP contribution in [0.2, 0.25) is 5.02 Å². The minimum absolute atomic E-state index is 0.00989. The number of nitrogens with one attached hydrogen (secondary N) is 1. The van der Waals surface area contributed by atoms with Crippen LogP contribution in [0.15, 0.2) is 35.1 Å².